The average molecular weight is 441 g/mol. The summed E-state index contributed by atoms with van der Waals surface area (Å²) in [4.78, 5) is 24.9. The summed E-state index contributed by atoms with van der Waals surface area (Å²) in [6.07, 6.45) is 0. The van der Waals surface area contributed by atoms with E-state index in [2.05, 4.69) is 6.07 Å². The smallest absolute Gasteiger partial charge is 0.338 e. The van der Waals surface area contributed by atoms with Crippen molar-refractivity contribution in [2.75, 3.05) is 6.61 Å². The Hall–Kier alpha value is -3.23. The fourth-order valence-electron chi connectivity index (χ4n) is 3.60. The number of hydrogen-bond donors (Lipinski definition) is 1. The zero-order valence-electron chi connectivity index (χ0n) is 17.8. The first kappa shape index (κ1) is 22.5. The van der Waals surface area contributed by atoms with E-state index in [0.29, 0.717) is 5.56 Å². The summed E-state index contributed by atoms with van der Waals surface area (Å²) < 4.78 is 29.7. The van der Waals surface area contributed by atoms with Gasteiger partial charge < -0.3 is 9.30 Å². The van der Waals surface area contributed by atoms with Gasteiger partial charge in [-0.15, -0.1) is 0 Å². The van der Waals surface area contributed by atoms with E-state index >= 15 is 0 Å². The highest BCUT2D eigenvalue weighted by Gasteiger charge is 2.19. The molecule has 3 rings (SSSR count). The lowest BCUT2D eigenvalue weighted by atomic mass is 10.1. The molecule has 1 aromatic heterocycles. The summed E-state index contributed by atoms with van der Waals surface area (Å²) in [6.45, 7) is 7.39. The van der Waals surface area contributed by atoms with Crippen molar-refractivity contribution in [3.63, 3.8) is 0 Å². The predicted octanol–water partition coefficient (Wildman–Crippen LogP) is 3.40. The minimum absolute atomic E-state index is 0.112. The Labute approximate surface area is 181 Å². The molecule has 0 aliphatic carbocycles. The number of aryl methyl sites for hydroxylation is 3. The van der Waals surface area contributed by atoms with Crippen LogP contribution in [0, 0.1) is 27.7 Å². The molecule has 31 heavy (non-hydrogen) atoms. The number of benzene rings is 2. The third-order valence-electron chi connectivity index (χ3n) is 4.95. The number of Topliss-reactive ketones (excluding diaryl/α,β-unsaturated/α-hetero) is 1. The van der Waals surface area contributed by atoms with Crippen molar-refractivity contribution in [2.45, 2.75) is 32.6 Å². The van der Waals surface area contributed by atoms with Gasteiger partial charge in [-0.05, 0) is 81.3 Å². The maximum atomic E-state index is 12.7. The third kappa shape index (κ3) is 4.92. The SMILES string of the molecule is Cc1cc(C)cc(-n2c(C)cc(C(=O)COC(=O)c3ccc(S(N)(=O)=O)cc3)c2C)c1. The van der Waals surface area contributed by atoms with Crippen LogP contribution in [0.25, 0.3) is 5.69 Å². The molecule has 0 radical (unpaired) electrons. The number of esters is 1. The lowest BCUT2D eigenvalue weighted by molar-refractivity contribution is 0.0474. The van der Waals surface area contributed by atoms with Gasteiger partial charge in [-0.1, -0.05) is 6.07 Å². The Morgan fingerprint density at radius 1 is 0.935 bits per heavy atom. The topological polar surface area (TPSA) is 108 Å². The molecule has 0 fully saturated rings. The molecule has 0 aliphatic heterocycles. The van der Waals surface area contributed by atoms with Crippen LogP contribution in [-0.2, 0) is 14.8 Å². The zero-order valence-corrected chi connectivity index (χ0v) is 18.6. The predicted molar refractivity (Wildman–Crippen MR) is 117 cm³/mol. The maximum absolute atomic E-state index is 12.7. The van der Waals surface area contributed by atoms with Crippen LogP contribution in [-0.4, -0.2) is 31.3 Å². The minimum Gasteiger partial charge on any atom is -0.454 e. The quantitative estimate of drug-likeness (QED) is 0.467. The van der Waals surface area contributed by atoms with Crippen LogP contribution in [0.1, 0.15) is 43.2 Å². The van der Waals surface area contributed by atoms with Crippen LogP contribution in [0.5, 0.6) is 0 Å². The van der Waals surface area contributed by atoms with Crippen LogP contribution >= 0.6 is 0 Å². The summed E-state index contributed by atoms with van der Waals surface area (Å²) in [5, 5.41) is 5.04. The first-order valence-corrected chi connectivity index (χ1v) is 11.1. The molecule has 2 aromatic carbocycles. The van der Waals surface area contributed by atoms with E-state index in [9.17, 15) is 18.0 Å². The zero-order chi connectivity index (χ0) is 22.9. The first-order chi connectivity index (χ1) is 14.5. The van der Waals surface area contributed by atoms with Crippen molar-refractivity contribution in [1.82, 2.24) is 4.57 Å². The standard InChI is InChI=1S/C23H24N2O5S/c1-14-9-15(2)11-19(10-14)25-16(3)12-21(17(25)4)22(26)13-30-23(27)18-5-7-20(8-6-18)31(24,28)29/h5-12H,13H2,1-4H3,(H2,24,28,29). The molecular weight excluding hydrogens is 416 g/mol. The molecule has 1 heterocycles. The lowest BCUT2D eigenvalue weighted by Gasteiger charge is -2.12. The monoisotopic (exact) mass is 440 g/mol. The van der Waals surface area contributed by atoms with Crippen LogP contribution in [0.3, 0.4) is 0 Å². The third-order valence-corrected chi connectivity index (χ3v) is 5.88. The maximum Gasteiger partial charge on any atom is 0.338 e. The highest BCUT2D eigenvalue weighted by molar-refractivity contribution is 7.89. The van der Waals surface area contributed by atoms with Crippen LogP contribution < -0.4 is 5.14 Å². The molecule has 162 valence electrons. The van der Waals surface area contributed by atoms with E-state index in [1.807, 2.05) is 44.4 Å². The Morgan fingerprint density at radius 2 is 1.52 bits per heavy atom. The normalized spacial score (nSPS) is 11.4. The molecule has 0 amide bonds. The number of sulfonamides is 1. The molecule has 0 bridgehead atoms. The number of aromatic nitrogens is 1. The molecule has 0 aliphatic rings. The lowest BCUT2D eigenvalue weighted by Crippen LogP contribution is -2.16. The van der Waals surface area contributed by atoms with Gasteiger partial charge in [0.05, 0.1) is 10.5 Å². The van der Waals surface area contributed by atoms with Crippen molar-refractivity contribution >= 4 is 21.8 Å². The average Bonchev–Trinajstić information content (AvgIpc) is 2.98. The number of hydrogen-bond acceptors (Lipinski definition) is 5. The minimum atomic E-state index is -3.85. The van der Waals surface area contributed by atoms with E-state index in [1.165, 1.54) is 24.3 Å². The highest BCUT2D eigenvalue weighted by atomic mass is 32.2. The van der Waals surface area contributed by atoms with Crippen molar-refractivity contribution < 1.29 is 22.7 Å². The molecule has 0 unspecified atom stereocenters. The number of carbonyl (C=O) groups excluding carboxylic acids is 2. The van der Waals surface area contributed by atoms with Gasteiger partial charge in [-0.25, -0.2) is 18.4 Å². The van der Waals surface area contributed by atoms with E-state index in [-0.39, 0.29) is 16.2 Å². The van der Waals surface area contributed by atoms with Gasteiger partial charge in [0.1, 0.15) is 0 Å². The molecule has 2 N–H and O–H groups in total. The largest absolute Gasteiger partial charge is 0.454 e. The number of carbonyl (C=O) groups is 2. The number of nitrogens with two attached hydrogens (primary N) is 1. The number of primary sulfonamides is 1. The summed E-state index contributed by atoms with van der Waals surface area (Å²) >= 11 is 0. The number of nitrogens with zero attached hydrogens (tertiary/aromatic N) is 1. The molecule has 8 heteroatoms. The summed E-state index contributed by atoms with van der Waals surface area (Å²) in [5.74, 6) is -1.05. The van der Waals surface area contributed by atoms with E-state index < -0.39 is 22.6 Å². The van der Waals surface area contributed by atoms with Crippen molar-refractivity contribution in [3.05, 3.63) is 82.2 Å². The summed E-state index contributed by atoms with van der Waals surface area (Å²) in [5.41, 5.74) is 5.49. The second-order valence-electron chi connectivity index (χ2n) is 7.53. The van der Waals surface area contributed by atoms with Gasteiger partial charge in [-0.2, -0.15) is 0 Å². The molecule has 0 atom stereocenters. The summed E-state index contributed by atoms with van der Waals surface area (Å²) in [7, 11) is -3.85. The number of ether oxygens (including phenoxy) is 1. The fraction of sp³-hybridized carbons (Fsp3) is 0.217. The second kappa shape index (κ2) is 8.49. The summed E-state index contributed by atoms with van der Waals surface area (Å²) in [6, 6.07) is 13.0. The molecule has 0 saturated heterocycles. The van der Waals surface area contributed by atoms with Gasteiger partial charge in [0, 0.05) is 22.6 Å². The Kier molecular flexibility index (Phi) is 6.15. The van der Waals surface area contributed by atoms with Gasteiger partial charge in [0.15, 0.2) is 6.61 Å². The molecular formula is C23H24N2O5S. The Morgan fingerprint density at radius 3 is 2.06 bits per heavy atom. The van der Waals surface area contributed by atoms with Gasteiger partial charge >= 0.3 is 5.97 Å². The Balaban J connectivity index is 1.76. The number of ketones is 1. The second-order valence-corrected chi connectivity index (χ2v) is 9.10. The highest BCUT2D eigenvalue weighted by Crippen LogP contribution is 2.23. The van der Waals surface area contributed by atoms with Gasteiger partial charge in [0.25, 0.3) is 0 Å². The van der Waals surface area contributed by atoms with E-state index in [4.69, 9.17) is 9.88 Å². The van der Waals surface area contributed by atoms with Gasteiger partial charge in [-0.3, -0.25) is 4.79 Å². The van der Waals surface area contributed by atoms with Crippen LogP contribution in [0.15, 0.2) is 53.4 Å². The first-order valence-electron chi connectivity index (χ1n) is 9.58. The van der Waals surface area contributed by atoms with Crippen LogP contribution in [0.2, 0.25) is 0 Å². The van der Waals surface area contributed by atoms with E-state index in [1.54, 1.807) is 6.07 Å². The molecule has 3 aromatic rings. The molecule has 0 spiro atoms. The molecule has 0 saturated carbocycles. The van der Waals surface area contributed by atoms with Crippen molar-refractivity contribution in [1.29, 1.82) is 0 Å². The van der Waals surface area contributed by atoms with Crippen LogP contribution in [0.4, 0.5) is 0 Å². The Bertz CT molecular complexity index is 1250. The number of rotatable bonds is 6. The molecule has 7 nitrogen and oxygen atoms in total. The van der Waals surface area contributed by atoms with Gasteiger partial charge in [0.2, 0.25) is 15.8 Å². The van der Waals surface area contributed by atoms with Crippen molar-refractivity contribution in [2.24, 2.45) is 5.14 Å². The fourth-order valence-corrected chi connectivity index (χ4v) is 4.11. The van der Waals surface area contributed by atoms with E-state index in [0.717, 1.165) is 28.2 Å². The van der Waals surface area contributed by atoms with Crippen molar-refractivity contribution in [3.8, 4) is 5.69 Å².